The number of hydrogen-bond acceptors (Lipinski definition) is 2. The molecule has 0 spiro atoms. The van der Waals surface area contributed by atoms with Gasteiger partial charge in [0.05, 0.1) is 12.7 Å². The molecule has 1 aliphatic carbocycles. The van der Waals surface area contributed by atoms with Crippen LogP contribution in [0.3, 0.4) is 0 Å². The molecule has 0 saturated heterocycles. The number of benzene rings is 1. The molecule has 1 unspecified atom stereocenters. The van der Waals surface area contributed by atoms with Crippen LogP contribution in [0.2, 0.25) is 0 Å². The summed E-state index contributed by atoms with van der Waals surface area (Å²) in [7, 11) is 0. The summed E-state index contributed by atoms with van der Waals surface area (Å²) in [6, 6.07) is 10.1. The fraction of sp³-hybridized carbons (Fsp3) is 0.385. The molecule has 0 heterocycles. The molecule has 1 aromatic rings. The van der Waals surface area contributed by atoms with Gasteiger partial charge in [0.15, 0.2) is 0 Å². The highest BCUT2D eigenvalue weighted by atomic mass is 16.3. The minimum Gasteiger partial charge on any atom is -0.396 e. The van der Waals surface area contributed by atoms with Gasteiger partial charge in [0.1, 0.15) is 0 Å². The Kier molecular flexibility index (Phi) is 3.19. The van der Waals surface area contributed by atoms with Crippen LogP contribution in [0.4, 0.5) is 0 Å². The number of aliphatic hydroxyl groups is 2. The number of aliphatic hydroxyl groups excluding tert-OH is 2. The van der Waals surface area contributed by atoms with Crippen LogP contribution in [0, 0.1) is 5.92 Å². The molecule has 0 fully saturated rings. The van der Waals surface area contributed by atoms with Crippen LogP contribution in [0.25, 0.3) is 0 Å². The molecule has 80 valence electrons. The van der Waals surface area contributed by atoms with E-state index in [1.165, 1.54) is 5.56 Å². The van der Waals surface area contributed by atoms with Crippen molar-refractivity contribution in [2.45, 2.75) is 18.4 Å². The zero-order valence-electron chi connectivity index (χ0n) is 8.58. The molecule has 0 aromatic heterocycles. The molecular weight excluding hydrogens is 188 g/mol. The smallest absolute Gasteiger partial charge is 0.0633 e. The van der Waals surface area contributed by atoms with Crippen LogP contribution >= 0.6 is 0 Å². The fourth-order valence-corrected chi connectivity index (χ4v) is 2.05. The Labute approximate surface area is 89.9 Å². The maximum atomic E-state index is 9.79. The number of allylic oxidation sites excluding steroid dienone is 1. The van der Waals surface area contributed by atoms with Crippen LogP contribution in [-0.4, -0.2) is 22.9 Å². The van der Waals surface area contributed by atoms with Crippen molar-refractivity contribution in [3.63, 3.8) is 0 Å². The van der Waals surface area contributed by atoms with Gasteiger partial charge < -0.3 is 10.2 Å². The second kappa shape index (κ2) is 4.60. The topological polar surface area (TPSA) is 40.5 Å². The minimum atomic E-state index is -0.426. The first-order valence-electron chi connectivity index (χ1n) is 5.33. The highest BCUT2D eigenvalue weighted by Gasteiger charge is 2.24. The van der Waals surface area contributed by atoms with Crippen molar-refractivity contribution in [1.29, 1.82) is 0 Å². The summed E-state index contributed by atoms with van der Waals surface area (Å²) < 4.78 is 0. The maximum absolute atomic E-state index is 9.79. The fourth-order valence-electron chi connectivity index (χ4n) is 2.05. The van der Waals surface area contributed by atoms with E-state index < -0.39 is 6.10 Å². The van der Waals surface area contributed by atoms with Gasteiger partial charge in [-0.2, -0.15) is 0 Å². The molecule has 15 heavy (non-hydrogen) atoms. The van der Waals surface area contributed by atoms with Gasteiger partial charge in [0, 0.05) is 11.8 Å². The van der Waals surface area contributed by atoms with E-state index in [2.05, 4.69) is 18.2 Å². The summed E-state index contributed by atoms with van der Waals surface area (Å²) in [6.45, 7) is 0.0270. The van der Waals surface area contributed by atoms with E-state index >= 15 is 0 Å². The normalized spacial score (nSPS) is 30.4. The van der Waals surface area contributed by atoms with E-state index in [0.29, 0.717) is 6.42 Å². The Morgan fingerprint density at radius 1 is 1.13 bits per heavy atom. The van der Waals surface area contributed by atoms with Gasteiger partial charge in [0.2, 0.25) is 0 Å². The van der Waals surface area contributed by atoms with Crippen molar-refractivity contribution in [2.24, 2.45) is 5.92 Å². The summed E-state index contributed by atoms with van der Waals surface area (Å²) in [5, 5.41) is 18.8. The maximum Gasteiger partial charge on any atom is 0.0633 e. The monoisotopic (exact) mass is 204 g/mol. The molecule has 2 N–H and O–H groups in total. The van der Waals surface area contributed by atoms with Crippen LogP contribution < -0.4 is 0 Å². The molecule has 0 bridgehead atoms. The predicted molar refractivity (Wildman–Crippen MR) is 59.5 cm³/mol. The van der Waals surface area contributed by atoms with E-state index in [1.807, 2.05) is 24.3 Å². The molecule has 1 aromatic carbocycles. The molecule has 1 aliphatic rings. The van der Waals surface area contributed by atoms with Gasteiger partial charge in [-0.1, -0.05) is 42.5 Å². The molecule has 2 heteroatoms. The average Bonchev–Trinajstić information content (AvgIpc) is 2.30. The molecule has 0 aliphatic heterocycles. The van der Waals surface area contributed by atoms with Crippen molar-refractivity contribution in [3.05, 3.63) is 48.0 Å². The van der Waals surface area contributed by atoms with E-state index in [0.717, 1.165) is 0 Å². The van der Waals surface area contributed by atoms with Gasteiger partial charge in [-0.3, -0.25) is 0 Å². The first-order valence-corrected chi connectivity index (χ1v) is 5.33. The van der Waals surface area contributed by atoms with E-state index in [-0.39, 0.29) is 18.4 Å². The largest absolute Gasteiger partial charge is 0.396 e. The Bertz CT molecular complexity index is 332. The Hall–Kier alpha value is -1.12. The van der Waals surface area contributed by atoms with Gasteiger partial charge in [-0.15, -0.1) is 0 Å². The minimum absolute atomic E-state index is 0.0270. The summed E-state index contributed by atoms with van der Waals surface area (Å²) in [5.41, 5.74) is 1.23. The first-order chi connectivity index (χ1) is 7.31. The lowest BCUT2D eigenvalue weighted by atomic mass is 9.83. The van der Waals surface area contributed by atoms with Crippen molar-refractivity contribution in [1.82, 2.24) is 0 Å². The standard InChI is InChI=1S/C13H16O2/c14-9-12-7-6-11(8-13(12)15)10-4-2-1-3-5-10/h1-7,11-15H,8-9H2/t11-,12-,13?/m1/s1. The number of hydrogen-bond donors (Lipinski definition) is 2. The summed E-state index contributed by atoms with van der Waals surface area (Å²) in [5.74, 6) is 0.189. The second-order valence-electron chi connectivity index (χ2n) is 4.05. The van der Waals surface area contributed by atoms with E-state index in [9.17, 15) is 5.11 Å². The third-order valence-corrected chi connectivity index (χ3v) is 3.02. The van der Waals surface area contributed by atoms with E-state index in [4.69, 9.17) is 5.11 Å². The predicted octanol–water partition coefficient (Wildman–Crippen LogP) is 1.70. The van der Waals surface area contributed by atoms with Gasteiger partial charge in [-0.25, -0.2) is 0 Å². The molecule has 0 amide bonds. The van der Waals surface area contributed by atoms with Gasteiger partial charge in [-0.05, 0) is 12.0 Å². The van der Waals surface area contributed by atoms with Crippen LogP contribution in [0.15, 0.2) is 42.5 Å². The zero-order valence-corrected chi connectivity index (χ0v) is 8.58. The lowest BCUT2D eigenvalue weighted by molar-refractivity contribution is 0.0761. The SMILES string of the molecule is OC[C@H]1C=C[C@@H](c2ccccc2)CC1O. The number of rotatable bonds is 2. The highest BCUT2D eigenvalue weighted by Crippen LogP contribution is 2.30. The van der Waals surface area contributed by atoms with Gasteiger partial charge >= 0.3 is 0 Å². The molecule has 0 radical (unpaired) electrons. The molecule has 2 nitrogen and oxygen atoms in total. The zero-order chi connectivity index (χ0) is 10.7. The average molecular weight is 204 g/mol. The van der Waals surface area contributed by atoms with Crippen molar-refractivity contribution >= 4 is 0 Å². The van der Waals surface area contributed by atoms with Gasteiger partial charge in [0.25, 0.3) is 0 Å². The second-order valence-corrected chi connectivity index (χ2v) is 4.05. The van der Waals surface area contributed by atoms with Crippen LogP contribution in [0.1, 0.15) is 17.9 Å². The summed E-state index contributed by atoms with van der Waals surface area (Å²) in [6.07, 6.45) is 4.28. The first kappa shape index (κ1) is 10.4. The molecule has 0 saturated carbocycles. The van der Waals surface area contributed by atoms with Crippen LogP contribution in [-0.2, 0) is 0 Å². The van der Waals surface area contributed by atoms with Crippen molar-refractivity contribution < 1.29 is 10.2 Å². The quantitative estimate of drug-likeness (QED) is 0.720. The van der Waals surface area contributed by atoms with E-state index in [1.54, 1.807) is 0 Å². The molecule has 2 rings (SSSR count). The highest BCUT2D eigenvalue weighted by molar-refractivity contribution is 5.25. The molecule has 3 atom stereocenters. The van der Waals surface area contributed by atoms with Crippen molar-refractivity contribution in [2.75, 3.05) is 6.61 Å². The Morgan fingerprint density at radius 3 is 2.47 bits per heavy atom. The Balaban J connectivity index is 2.14. The van der Waals surface area contributed by atoms with Crippen molar-refractivity contribution in [3.8, 4) is 0 Å². The van der Waals surface area contributed by atoms with Crippen LogP contribution in [0.5, 0.6) is 0 Å². The molecular formula is C13H16O2. The third-order valence-electron chi connectivity index (χ3n) is 3.02. The summed E-state index contributed by atoms with van der Waals surface area (Å²) in [4.78, 5) is 0. The third kappa shape index (κ3) is 2.28. The lowest BCUT2D eigenvalue weighted by Gasteiger charge is -2.27. The lowest BCUT2D eigenvalue weighted by Crippen LogP contribution is -2.27. The summed E-state index contributed by atoms with van der Waals surface area (Å²) >= 11 is 0. The Morgan fingerprint density at radius 2 is 1.87 bits per heavy atom.